The maximum Gasteiger partial charge on any atom is 0.325 e. The van der Waals surface area contributed by atoms with Crippen molar-refractivity contribution in [2.45, 2.75) is 38.3 Å². The lowest BCUT2D eigenvalue weighted by molar-refractivity contribution is -0.134. The average Bonchev–Trinajstić information content (AvgIpc) is 3.34. The molecule has 7 nitrogen and oxygen atoms in total. The van der Waals surface area contributed by atoms with E-state index in [4.69, 9.17) is 0 Å². The third-order valence-electron chi connectivity index (χ3n) is 6.71. The summed E-state index contributed by atoms with van der Waals surface area (Å²) in [5.41, 5.74) is 3.39. The van der Waals surface area contributed by atoms with Crippen molar-refractivity contribution in [1.29, 1.82) is 0 Å². The fourth-order valence-corrected chi connectivity index (χ4v) is 5.07. The van der Waals surface area contributed by atoms with Crippen molar-refractivity contribution >= 4 is 34.9 Å². The molecule has 0 radical (unpaired) electrons. The highest BCUT2D eigenvalue weighted by molar-refractivity contribution is 6.11. The maximum absolute atomic E-state index is 13.4. The highest BCUT2D eigenvalue weighted by Gasteiger charge is 2.55. The van der Waals surface area contributed by atoms with Crippen molar-refractivity contribution in [1.82, 2.24) is 10.2 Å². The first-order valence-corrected chi connectivity index (χ1v) is 11.9. The smallest absolute Gasteiger partial charge is 0.325 e. The third-order valence-corrected chi connectivity index (χ3v) is 6.71. The van der Waals surface area contributed by atoms with Gasteiger partial charge in [-0.05, 0) is 74.2 Å². The number of fused-ring (bicyclic) bond motifs is 2. The molecule has 1 spiro atoms. The third kappa shape index (κ3) is 4.03. The number of amides is 4. The van der Waals surface area contributed by atoms with Crippen LogP contribution in [0, 0.1) is 0 Å². The van der Waals surface area contributed by atoms with Crippen LogP contribution in [0.15, 0.2) is 78.9 Å². The van der Waals surface area contributed by atoms with E-state index in [1.807, 2.05) is 92.7 Å². The Morgan fingerprint density at radius 2 is 1.63 bits per heavy atom. The second kappa shape index (κ2) is 8.91. The Morgan fingerprint density at radius 1 is 0.971 bits per heavy atom. The zero-order valence-electron chi connectivity index (χ0n) is 19.8. The Bertz CT molecular complexity index is 1270. The predicted molar refractivity (Wildman–Crippen MR) is 135 cm³/mol. The Morgan fingerprint density at radius 3 is 2.34 bits per heavy atom. The van der Waals surface area contributed by atoms with E-state index in [1.54, 1.807) is 4.90 Å². The highest BCUT2D eigenvalue weighted by atomic mass is 16.2. The number of urea groups is 1. The first-order valence-electron chi connectivity index (χ1n) is 11.9. The molecule has 1 unspecified atom stereocenters. The number of rotatable bonds is 6. The van der Waals surface area contributed by atoms with Gasteiger partial charge >= 0.3 is 6.03 Å². The van der Waals surface area contributed by atoms with Crippen LogP contribution in [0.4, 0.5) is 21.9 Å². The van der Waals surface area contributed by atoms with Crippen molar-refractivity contribution in [2.24, 2.45) is 0 Å². The van der Waals surface area contributed by atoms with Crippen molar-refractivity contribution in [3.63, 3.8) is 0 Å². The molecule has 1 aliphatic carbocycles. The highest BCUT2D eigenvalue weighted by Crippen LogP contribution is 2.41. The topological polar surface area (TPSA) is 81.8 Å². The standard InChI is InChI=1S/C28H28N4O3/c1-19(2)32(23-14-12-22(13-15-23)29-21-9-4-3-5-10-21)25(33)18-31-26(34)28(30-27(31)35)17-16-20-8-6-7-11-24(20)28/h3-15,19,29H,16-18H2,1-2H3,(H,30,35). The van der Waals surface area contributed by atoms with Gasteiger partial charge in [-0.1, -0.05) is 42.5 Å². The largest absolute Gasteiger partial charge is 0.356 e. The van der Waals surface area contributed by atoms with E-state index < -0.39 is 11.6 Å². The van der Waals surface area contributed by atoms with Crippen LogP contribution >= 0.6 is 0 Å². The number of imide groups is 1. The molecule has 0 aromatic heterocycles. The molecule has 3 aromatic rings. The van der Waals surface area contributed by atoms with Gasteiger partial charge in [0.2, 0.25) is 5.91 Å². The summed E-state index contributed by atoms with van der Waals surface area (Å²) in [6.07, 6.45) is 1.22. The average molecular weight is 469 g/mol. The van der Waals surface area contributed by atoms with Gasteiger partial charge in [0.05, 0.1) is 0 Å². The van der Waals surface area contributed by atoms with Gasteiger partial charge in [-0.15, -0.1) is 0 Å². The number of nitrogens with one attached hydrogen (secondary N) is 2. The minimum Gasteiger partial charge on any atom is -0.356 e. The van der Waals surface area contributed by atoms with Crippen LogP contribution in [0.5, 0.6) is 0 Å². The molecular weight excluding hydrogens is 440 g/mol. The normalized spacial score (nSPS) is 18.7. The molecule has 1 aliphatic heterocycles. The van der Waals surface area contributed by atoms with Crippen LogP contribution in [-0.2, 0) is 21.5 Å². The Labute approximate surface area is 204 Å². The van der Waals surface area contributed by atoms with Crippen molar-refractivity contribution in [2.75, 3.05) is 16.8 Å². The summed E-state index contributed by atoms with van der Waals surface area (Å²) >= 11 is 0. The number of benzene rings is 3. The van der Waals surface area contributed by atoms with Gasteiger partial charge in [0.25, 0.3) is 5.91 Å². The zero-order chi connectivity index (χ0) is 24.6. The molecule has 178 valence electrons. The van der Waals surface area contributed by atoms with Crippen molar-refractivity contribution < 1.29 is 14.4 Å². The summed E-state index contributed by atoms with van der Waals surface area (Å²) in [7, 11) is 0. The van der Waals surface area contributed by atoms with Crippen LogP contribution in [0.25, 0.3) is 0 Å². The minimum absolute atomic E-state index is 0.155. The molecule has 0 saturated carbocycles. The first kappa shape index (κ1) is 22.7. The van der Waals surface area contributed by atoms with E-state index in [9.17, 15) is 14.4 Å². The molecule has 4 amide bonds. The van der Waals surface area contributed by atoms with Gasteiger partial charge in [-0.3, -0.25) is 14.5 Å². The summed E-state index contributed by atoms with van der Waals surface area (Å²) in [6.45, 7) is 3.51. The maximum atomic E-state index is 13.4. The van der Waals surface area contributed by atoms with E-state index in [0.29, 0.717) is 18.5 Å². The zero-order valence-corrected chi connectivity index (χ0v) is 19.8. The van der Waals surface area contributed by atoms with E-state index in [2.05, 4.69) is 10.6 Å². The first-order chi connectivity index (χ1) is 16.9. The van der Waals surface area contributed by atoms with Crippen molar-refractivity contribution in [3.05, 3.63) is 90.0 Å². The molecule has 5 rings (SSSR count). The van der Waals surface area contributed by atoms with Gasteiger partial charge < -0.3 is 15.5 Å². The Kier molecular flexibility index (Phi) is 5.76. The molecule has 0 bridgehead atoms. The number of para-hydroxylation sites is 1. The van der Waals surface area contributed by atoms with Gasteiger partial charge in [-0.2, -0.15) is 0 Å². The molecule has 2 N–H and O–H groups in total. The second-order valence-corrected chi connectivity index (χ2v) is 9.28. The number of aryl methyl sites for hydroxylation is 1. The quantitative estimate of drug-likeness (QED) is 0.520. The summed E-state index contributed by atoms with van der Waals surface area (Å²) in [5, 5.41) is 6.21. The fraction of sp³-hybridized carbons (Fsp3) is 0.250. The molecule has 2 aliphatic rings. The summed E-state index contributed by atoms with van der Waals surface area (Å²) in [5.74, 6) is -0.664. The fourth-order valence-electron chi connectivity index (χ4n) is 5.07. The molecule has 1 saturated heterocycles. The lowest BCUT2D eigenvalue weighted by atomic mass is 9.92. The SMILES string of the molecule is CC(C)N(C(=O)CN1C(=O)NC2(CCc3ccccc32)C1=O)c1ccc(Nc2ccccc2)cc1. The molecule has 1 atom stereocenters. The van der Waals surface area contributed by atoms with Crippen LogP contribution in [0.1, 0.15) is 31.4 Å². The molecule has 7 heteroatoms. The van der Waals surface area contributed by atoms with Gasteiger partial charge in [0, 0.05) is 23.1 Å². The Balaban J connectivity index is 1.33. The number of nitrogens with zero attached hydrogens (tertiary/aromatic N) is 2. The molecular formula is C28H28N4O3. The van der Waals surface area contributed by atoms with Crippen LogP contribution in [0.3, 0.4) is 0 Å². The summed E-state index contributed by atoms with van der Waals surface area (Å²) in [4.78, 5) is 42.4. The van der Waals surface area contributed by atoms with E-state index >= 15 is 0 Å². The predicted octanol–water partition coefficient (Wildman–Crippen LogP) is 4.57. The lowest BCUT2D eigenvalue weighted by Gasteiger charge is -2.29. The molecule has 1 fully saturated rings. The summed E-state index contributed by atoms with van der Waals surface area (Å²) < 4.78 is 0. The number of hydrogen-bond acceptors (Lipinski definition) is 4. The Hall–Kier alpha value is -4.13. The molecule has 1 heterocycles. The van der Waals surface area contributed by atoms with Gasteiger partial charge in [0.1, 0.15) is 12.1 Å². The molecule has 3 aromatic carbocycles. The van der Waals surface area contributed by atoms with Crippen LogP contribution in [0.2, 0.25) is 0 Å². The van der Waals surface area contributed by atoms with E-state index in [0.717, 1.165) is 27.4 Å². The van der Waals surface area contributed by atoms with Gasteiger partial charge in [-0.25, -0.2) is 4.79 Å². The lowest BCUT2D eigenvalue weighted by Crippen LogP contribution is -2.47. The number of anilines is 3. The second-order valence-electron chi connectivity index (χ2n) is 9.28. The molecule has 35 heavy (non-hydrogen) atoms. The monoisotopic (exact) mass is 468 g/mol. The van der Waals surface area contributed by atoms with Gasteiger partial charge in [0.15, 0.2) is 0 Å². The number of hydrogen-bond donors (Lipinski definition) is 2. The van der Waals surface area contributed by atoms with Crippen molar-refractivity contribution in [3.8, 4) is 0 Å². The summed E-state index contributed by atoms with van der Waals surface area (Å²) in [6, 6.07) is 24.4. The number of carbonyl (C=O) groups excluding carboxylic acids is 3. The number of carbonyl (C=O) groups is 3. The minimum atomic E-state index is -1.07. The van der Waals surface area contributed by atoms with Crippen LogP contribution < -0.4 is 15.5 Å². The van der Waals surface area contributed by atoms with E-state index in [1.165, 1.54) is 0 Å². The van der Waals surface area contributed by atoms with Crippen LogP contribution in [-0.4, -0.2) is 35.3 Å². The van der Waals surface area contributed by atoms with E-state index in [-0.39, 0.29) is 24.4 Å².